The van der Waals surface area contributed by atoms with Crippen LogP contribution < -0.4 is 5.32 Å². The van der Waals surface area contributed by atoms with E-state index >= 15 is 0 Å². The molecule has 0 aromatic heterocycles. The number of benzene rings is 1. The van der Waals surface area contributed by atoms with Crippen molar-refractivity contribution in [2.24, 2.45) is 0 Å². The molecule has 0 spiro atoms. The van der Waals surface area contributed by atoms with Gasteiger partial charge in [0.25, 0.3) is 0 Å². The zero-order valence-electron chi connectivity index (χ0n) is 9.84. The van der Waals surface area contributed by atoms with E-state index in [1.807, 2.05) is 12.1 Å². The second-order valence-corrected chi connectivity index (χ2v) is 3.79. The molecule has 1 rings (SSSR count). The predicted molar refractivity (Wildman–Crippen MR) is 64.1 cm³/mol. The van der Waals surface area contributed by atoms with Crippen molar-refractivity contribution in [1.82, 2.24) is 5.32 Å². The van der Waals surface area contributed by atoms with Gasteiger partial charge in [-0.3, -0.25) is 0 Å². The number of methoxy groups -OCH3 is 1. The van der Waals surface area contributed by atoms with Crippen LogP contribution in [0.25, 0.3) is 0 Å². The average molecular weight is 225 g/mol. The fraction of sp³-hybridized carbons (Fsp3) is 0.538. The summed E-state index contributed by atoms with van der Waals surface area (Å²) < 4.78 is 18.2. The summed E-state index contributed by atoms with van der Waals surface area (Å²) in [6.45, 7) is 2.61. The van der Waals surface area contributed by atoms with Gasteiger partial charge in [0.15, 0.2) is 0 Å². The first-order valence-electron chi connectivity index (χ1n) is 5.77. The lowest BCUT2D eigenvalue weighted by molar-refractivity contribution is 0.192. The van der Waals surface area contributed by atoms with Gasteiger partial charge < -0.3 is 10.1 Å². The third-order valence-electron chi connectivity index (χ3n) is 2.48. The van der Waals surface area contributed by atoms with E-state index in [0.29, 0.717) is 0 Å². The minimum Gasteiger partial charge on any atom is -0.385 e. The minimum atomic E-state index is -0.108. The minimum absolute atomic E-state index is 0.108. The molecule has 0 atom stereocenters. The molecule has 1 N–H and O–H groups in total. The molecule has 0 bridgehead atoms. The van der Waals surface area contributed by atoms with Gasteiger partial charge >= 0.3 is 0 Å². The average Bonchev–Trinajstić information content (AvgIpc) is 2.30. The van der Waals surface area contributed by atoms with Gasteiger partial charge in [0.2, 0.25) is 0 Å². The number of nitrogens with one attached hydrogen (secondary N) is 1. The first-order valence-corrected chi connectivity index (χ1v) is 5.77. The lowest BCUT2D eigenvalue weighted by atomic mass is 10.1. The Balaban J connectivity index is 2.05. The molecule has 1 aromatic carbocycles. The van der Waals surface area contributed by atoms with Crippen LogP contribution in [0.15, 0.2) is 24.3 Å². The first kappa shape index (κ1) is 13.1. The predicted octanol–water partition coefficient (Wildman–Crippen LogP) is 2.38. The fourth-order valence-electron chi connectivity index (χ4n) is 1.55. The standard InChI is InChI=1S/C13H20FNO/c1-16-11-5-4-9-15-10-8-12-6-2-3-7-13(12)14/h2-3,6-7,15H,4-5,8-11H2,1H3. The molecular formula is C13H20FNO. The Morgan fingerprint density at radius 2 is 2.00 bits per heavy atom. The summed E-state index contributed by atoms with van der Waals surface area (Å²) in [5.41, 5.74) is 0.784. The maximum atomic E-state index is 13.2. The van der Waals surface area contributed by atoms with Crippen LogP contribution in [0.4, 0.5) is 4.39 Å². The van der Waals surface area contributed by atoms with Crippen LogP contribution in [0.3, 0.4) is 0 Å². The van der Waals surface area contributed by atoms with Crippen molar-refractivity contribution < 1.29 is 9.13 Å². The topological polar surface area (TPSA) is 21.3 Å². The lowest BCUT2D eigenvalue weighted by Gasteiger charge is -2.05. The van der Waals surface area contributed by atoms with Crippen LogP contribution in [0.5, 0.6) is 0 Å². The van der Waals surface area contributed by atoms with E-state index in [-0.39, 0.29) is 5.82 Å². The zero-order valence-corrected chi connectivity index (χ0v) is 9.84. The molecule has 0 radical (unpaired) electrons. The van der Waals surface area contributed by atoms with Crippen LogP contribution in [-0.2, 0) is 11.2 Å². The number of ether oxygens (including phenoxy) is 1. The largest absolute Gasteiger partial charge is 0.385 e. The zero-order chi connectivity index (χ0) is 11.6. The van der Waals surface area contributed by atoms with Crippen LogP contribution in [0.1, 0.15) is 18.4 Å². The second-order valence-electron chi connectivity index (χ2n) is 3.79. The van der Waals surface area contributed by atoms with Gasteiger partial charge in [-0.15, -0.1) is 0 Å². The number of rotatable bonds is 8. The molecule has 0 saturated carbocycles. The van der Waals surface area contributed by atoms with Gasteiger partial charge in [-0.05, 0) is 44.0 Å². The maximum Gasteiger partial charge on any atom is 0.126 e. The van der Waals surface area contributed by atoms with Gasteiger partial charge in [0.05, 0.1) is 0 Å². The summed E-state index contributed by atoms with van der Waals surface area (Å²) in [4.78, 5) is 0. The summed E-state index contributed by atoms with van der Waals surface area (Å²) in [7, 11) is 1.71. The second kappa shape index (κ2) is 8.25. The Kier molecular flexibility index (Phi) is 6.77. The molecule has 0 amide bonds. The van der Waals surface area contributed by atoms with Crippen LogP contribution in [0, 0.1) is 5.82 Å². The smallest absolute Gasteiger partial charge is 0.126 e. The van der Waals surface area contributed by atoms with Crippen molar-refractivity contribution in [3.63, 3.8) is 0 Å². The Bertz CT molecular complexity index is 291. The van der Waals surface area contributed by atoms with E-state index < -0.39 is 0 Å². The van der Waals surface area contributed by atoms with E-state index in [1.54, 1.807) is 13.2 Å². The summed E-state index contributed by atoms with van der Waals surface area (Å²) in [6, 6.07) is 6.93. The lowest BCUT2D eigenvalue weighted by Crippen LogP contribution is -2.19. The molecule has 0 aliphatic rings. The molecule has 0 saturated heterocycles. The normalized spacial score (nSPS) is 10.6. The number of hydrogen-bond donors (Lipinski definition) is 1. The van der Waals surface area contributed by atoms with Crippen LogP contribution in [-0.4, -0.2) is 26.8 Å². The Hall–Kier alpha value is -0.930. The monoisotopic (exact) mass is 225 g/mol. The highest BCUT2D eigenvalue weighted by Gasteiger charge is 1.99. The molecule has 3 heteroatoms. The number of unbranched alkanes of at least 4 members (excludes halogenated alkanes) is 1. The molecule has 16 heavy (non-hydrogen) atoms. The SMILES string of the molecule is COCCCCNCCc1ccccc1F. The summed E-state index contributed by atoms with van der Waals surface area (Å²) >= 11 is 0. The van der Waals surface area contributed by atoms with Gasteiger partial charge in [-0.2, -0.15) is 0 Å². The highest BCUT2D eigenvalue weighted by atomic mass is 19.1. The first-order chi connectivity index (χ1) is 7.84. The Morgan fingerprint density at radius 1 is 1.19 bits per heavy atom. The molecule has 2 nitrogen and oxygen atoms in total. The van der Waals surface area contributed by atoms with E-state index in [9.17, 15) is 4.39 Å². The van der Waals surface area contributed by atoms with Crippen molar-refractivity contribution in [3.05, 3.63) is 35.6 Å². The molecule has 0 aliphatic carbocycles. The number of hydrogen-bond acceptors (Lipinski definition) is 2. The maximum absolute atomic E-state index is 13.2. The molecule has 0 heterocycles. The van der Waals surface area contributed by atoms with Gasteiger partial charge in [0.1, 0.15) is 5.82 Å². The highest BCUT2D eigenvalue weighted by molar-refractivity contribution is 5.17. The molecule has 0 aliphatic heterocycles. The summed E-state index contributed by atoms with van der Waals surface area (Å²) in [5, 5.41) is 3.30. The third-order valence-corrected chi connectivity index (χ3v) is 2.48. The number of halogens is 1. The fourth-order valence-corrected chi connectivity index (χ4v) is 1.55. The molecule has 1 aromatic rings. The molecular weight excluding hydrogens is 205 g/mol. The van der Waals surface area contributed by atoms with E-state index in [2.05, 4.69) is 5.32 Å². The molecule has 0 unspecified atom stereocenters. The highest BCUT2D eigenvalue weighted by Crippen LogP contribution is 2.05. The quantitative estimate of drug-likeness (QED) is 0.686. The van der Waals surface area contributed by atoms with Gasteiger partial charge in [0, 0.05) is 13.7 Å². The van der Waals surface area contributed by atoms with Crippen molar-refractivity contribution in [1.29, 1.82) is 0 Å². The summed E-state index contributed by atoms with van der Waals surface area (Å²) in [6.07, 6.45) is 2.92. The van der Waals surface area contributed by atoms with Crippen molar-refractivity contribution in [3.8, 4) is 0 Å². The molecule has 90 valence electrons. The van der Waals surface area contributed by atoms with Crippen molar-refractivity contribution >= 4 is 0 Å². The third kappa shape index (κ3) is 5.24. The van der Waals surface area contributed by atoms with E-state index in [4.69, 9.17) is 4.74 Å². The van der Waals surface area contributed by atoms with Crippen LogP contribution >= 0.6 is 0 Å². The van der Waals surface area contributed by atoms with Gasteiger partial charge in [-0.25, -0.2) is 4.39 Å². The Labute approximate surface area is 96.8 Å². The summed E-state index contributed by atoms with van der Waals surface area (Å²) in [5.74, 6) is -0.108. The van der Waals surface area contributed by atoms with E-state index in [0.717, 1.165) is 44.5 Å². The van der Waals surface area contributed by atoms with Crippen molar-refractivity contribution in [2.75, 3.05) is 26.8 Å². The van der Waals surface area contributed by atoms with Crippen LogP contribution in [0.2, 0.25) is 0 Å². The van der Waals surface area contributed by atoms with Gasteiger partial charge in [-0.1, -0.05) is 18.2 Å². The van der Waals surface area contributed by atoms with E-state index in [1.165, 1.54) is 6.07 Å². The molecule has 0 fully saturated rings. The Morgan fingerprint density at radius 3 is 2.75 bits per heavy atom. The van der Waals surface area contributed by atoms with Crippen molar-refractivity contribution in [2.45, 2.75) is 19.3 Å².